The highest BCUT2D eigenvalue weighted by Crippen LogP contribution is 2.20. The molecule has 1 N–H and O–H groups in total. The zero-order valence-corrected chi connectivity index (χ0v) is 14.4. The van der Waals surface area contributed by atoms with Crippen LogP contribution in [0.5, 0.6) is 0 Å². The van der Waals surface area contributed by atoms with Crippen molar-refractivity contribution in [2.24, 2.45) is 0 Å². The van der Waals surface area contributed by atoms with Crippen LogP contribution in [-0.2, 0) is 0 Å². The van der Waals surface area contributed by atoms with E-state index in [4.69, 9.17) is 0 Å². The van der Waals surface area contributed by atoms with Gasteiger partial charge in [-0.2, -0.15) is 0 Å². The molecule has 94 valence electrons. The lowest BCUT2D eigenvalue weighted by Crippen LogP contribution is -2.49. The smallest absolute Gasteiger partial charge is 0.252 e. The van der Waals surface area contributed by atoms with Gasteiger partial charge < -0.3 is 5.32 Å². The number of carbonyl (C=O) groups excluding carboxylic acids is 1. The molecule has 1 aromatic rings. The lowest BCUT2D eigenvalue weighted by Gasteiger charge is -2.26. The van der Waals surface area contributed by atoms with Crippen LogP contribution in [0.25, 0.3) is 0 Å². The Morgan fingerprint density at radius 1 is 1.35 bits per heavy atom. The topological polar surface area (TPSA) is 29.1 Å². The van der Waals surface area contributed by atoms with Crippen molar-refractivity contribution in [3.05, 3.63) is 33.8 Å². The van der Waals surface area contributed by atoms with E-state index >= 15 is 0 Å². The summed E-state index contributed by atoms with van der Waals surface area (Å²) in [5.74, 6) is -0.0507. The Bertz CT molecular complexity index is 416. The number of benzene rings is 1. The highest BCUT2D eigenvalue weighted by Gasteiger charge is 2.25. The first kappa shape index (κ1) is 15.2. The van der Waals surface area contributed by atoms with E-state index in [1.165, 1.54) is 0 Å². The minimum Gasteiger partial charge on any atom is -0.345 e. The van der Waals surface area contributed by atoms with Crippen LogP contribution in [0.4, 0.5) is 0 Å². The van der Waals surface area contributed by atoms with E-state index < -0.39 is 0 Å². The number of nitrogens with one attached hydrogen (secondary N) is 1. The number of halogens is 3. The summed E-state index contributed by atoms with van der Waals surface area (Å²) in [7, 11) is 0. The Kier molecular flexibility index (Phi) is 5.67. The van der Waals surface area contributed by atoms with Crippen molar-refractivity contribution in [3.63, 3.8) is 0 Å². The maximum Gasteiger partial charge on any atom is 0.252 e. The summed E-state index contributed by atoms with van der Waals surface area (Å²) in [4.78, 5) is 12.2. The van der Waals surface area contributed by atoms with Gasteiger partial charge in [-0.05, 0) is 31.5 Å². The van der Waals surface area contributed by atoms with Gasteiger partial charge in [0.25, 0.3) is 5.91 Å². The predicted octanol–water partition coefficient (Wildman–Crippen LogP) is 4.04. The summed E-state index contributed by atoms with van der Waals surface area (Å²) in [6, 6.07) is 5.63. The minimum absolute atomic E-state index is 0.0507. The van der Waals surface area contributed by atoms with E-state index in [1.54, 1.807) is 0 Å². The molecule has 1 aromatic carbocycles. The second-order valence-electron chi connectivity index (χ2n) is 4.19. The SMILES string of the molecule is Cc1c(Br)cccc1C(=O)NC(C)(CBr)CBr. The molecule has 1 amide bonds. The van der Waals surface area contributed by atoms with E-state index in [0.717, 1.165) is 10.0 Å². The number of rotatable bonds is 4. The van der Waals surface area contributed by atoms with Crippen LogP contribution in [0.15, 0.2) is 22.7 Å². The van der Waals surface area contributed by atoms with Gasteiger partial charge in [0, 0.05) is 20.7 Å². The summed E-state index contributed by atoms with van der Waals surface area (Å²) in [6.45, 7) is 3.92. The molecule has 1 rings (SSSR count). The van der Waals surface area contributed by atoms with Gasteiger partial charge in [-0.1, -0.05) is 53.9 Å². The van der Waals surface area contributed by atoms with Crippen LogP contribution in [-0.4, -0.2) is 22.1 Å². The molecule has 0 unspecified atom stereocenters. The lowest BCUT2D eigenvalue weighted by molar-refractivity contribution is 0.0922. The van der Waals surface area contributed by atoms with Crippen molar-refractivity contribution in [1.82, 2.24) is 5.32 Å². The molecule has 0 fully saturated rings. The van der Waals surface area contributed by atoms with Gasteiger partial charge in [-0.15, -0.1) is 0 Å². The average molecular weight is 428 g/mol. The molecule has 0 aliphatic heterocycles. The van der Waals surface area contributed by atoms with Crippen LogP contribution in [0.2, 0.25) is 0 Å². The summed E-state index contributed by atoms with van der Waals surface area (Å²) in [5, 5.41) is 4.42. The molecule has 0 heterocycles. The number of carbonyl (C=O) groups is 1. The third-order valence-electron chi connectivity index (χ3n) is 2.52. The van der Waals surface area contributed by atoms with Gasteiger partial charge in [0.15, 0.2) is 0 Å². The minimum atomic E-state index is -0.286. The van der Waals surface area contributed by atoms with Gasteiger partial charge in [0.2, 0.25) is 0 Å². The van der Waals surface area contributed by atoms with Crippen molar-refractivity contribution >= 4 is 53.7 Å². The molecule has 0 aromatic heterocycles. The van der Waals surface area contributed by atoms with E-state index in [1.807, 2.05) is 32.0 Å². The first-order valence-corrected chi connectivity index (χ1v) is 8.16. The van der Waals surface area contributed by atoms with Crippen molar-refractivity contribution in [2.75, 3.05) is 10.7 Å². The van der Waals surface area contributed by atoms with E-state index in [-0.39, 0.29) is 11.4 Å². The van der Waals surface area contributed by atoms with Crippen molar-refractivity contribution in [1.29, 1.82) is 0 Å². The zero-order valence-electron chi connectivity index (χ0n) is 9.69. The third kappa shape index (κ3) is 3.80. The Labute approximate surface area is 127 Å². The normalized spacial score (nSPS) is 11.4. The van der Waals surface area contributed by atoms with Crippen LogP contribution in [0.1, 0.15) is 22.8 Å². The monoisotopic (exact) mass is 425 g/mol. The van der Waals surface area contributed by atoms with E-state index in [0.29, 0.717) is 16.2 Å². The maximum atomic E-state index is 12.2. The number of amides is 1. The van der Waals surface area contributed by atoms with Gasteiger partial charge in [0.05, 0.1) is 5.54 Å². The standard InChI is InChI=1S/C12H14Br3NO/c1-8-9(4-3-5-10(8)15)11(17)16-12(2,6-13)7-14/h3-5H,6-7H2,1-2H3,(H,16,17). The number of hydrogen-bond acceptors (Lipinski definition) is 1. The summed E-state index contributed by atoms with van der Waals surface area (Å²) < 4.78 is 0.949. The zero-order chi connectivity index (χ0) is 13.1. The van der Waals surface area contributed by atoms with Crippen molar-refractivity contribution in [3.8, 4) is 0 Å². The predicted molar refractivity (Wildman–Crippen MR) is 82.3 cm³/mol. The highest BCUT2D eigenvalue weighted by molar-refractivity contribution is 9.10. The Hall–Kier alpha value is 0.130. The Morgan fingerprint density at radius 2 is 1.94 bits per heavy atom. The Morgan fingerprint density at radius 3 is 2.47 bits per heavy atom. The van der Waals surface area contributed by atoms with E-state index in [9.17, 15) is 4.79 Å². The molecule has 0 atom stereocenters. The number of hydrogen-bond donors (Lipinski definition) is 1. The molecule has 0 saturated heterocycles. The van der Waals surface area contributed by atoms with Gasteiger partial charge in [0.1, 0.15) is 0 Å². The van der Waals surface area contributed by atoms with Crippen molar-refractivity contribution in [2.45, 2.75) is 19.4 Å². The fourth-order valence-corrected chi connectivity index (χ4v) is 2.87. The molecule has 0 spiro atoms. The lowest BCUT2D eigenvalue weighted by atomic mass is 10.0. The largest absolute Gasteiger partial charge is 0.345 e. The summed E-state index contributed by atoms with van der Waals surface area (Å²) >= 11 is 10.3. The average Bonchev–Trinajstić information content (AvgIpc) is 2.32. The first-order chi connectivity index (χ1) is 7.93. The first-order valence-electron chi connectivity index (χ1n) is 5.13. The summed E-state index contributed by atoms with van der Waals surface area (Å²) in [5.41, 5.74) is 1.37. The molecule has 0 aliphatic rings. The fourth-order valence-electron chi connectivity index (χ4n) is 1.30. The highest BCUT2D eigenvalue weighted by atomic mass is 79.9. The molecule has 0 aliphatic carbocycles. The molecule has 0 bridgehead atoms. The maximum absolute atomic E-state index is 12.2. The third-order valence-corrected chi connectivity index (χ3v) is 5.85. The second kappa shape index (κ2) is 6.34. The second-order valence-corrected chi connectivity index (χ2v) is 6.17. The molecule has 5 heteroatoms. The van der Waals surface area contributed by atoms with E-state index in [2.05, 4.69) is 53.1 Å². The molecule has 17 heavy (non-hydrogen) atoms. The quantitative estimate of drug-likeness (QED) is 0.722. The molecule has 0 saturated carbocycles. The van der Waals surface area contributed by atoms with Crippen LogP contribution in [0.3, 0.4) is 0 Å². The van der Waals surface area contributed by atoms with Crippen LogP contribution < -0.4 is 5.32 Å². The molecule has 2 nitrogen and oxygen atoms in total. The molecular weight excluding hydrogens is 414 g/mol. The fraction of sp³-hybridized carbons (Fsp3) is 0.417. The molecular formula is C12H14Br3NO. The van der Waals surface area contributed by atoms with Crippen LogP contribution in [0, 0.1) is 6.92 Å². The van der Waals surface area contributed by atoms with Gasteiger partial charge >= 0.3 is 0 Å². The van der Waals surface area contributed by atoms with Gasteiger partial charge in [-0.3, -0.25) is 4.79 Å². The number of alkyl halides is 2. The molecule has 0 radical (unpaired) electrons. The van der Waals surface area contributed by atoms with Crippen molar-refractivity contribution < 1.29 is 4.79 Å². The Balaban J connectivity index is 2.94. The van der Waals surface area contributed by atoms with Gasteiger partial charge in [-0.25, -0.2) is 0 Å². The van der Waals surface area contributed by atoms with Crippen LogP contribution >= 0.6 is 47.8 Å². The summed E-state index contributed by atoms with van der Waals surface area (Å²) in [6.07, 6.45) is 0.